The average Bonchev–Trinajstić information content (AvgIpc) is 3.39. The summed E-state index contributed by atoms with van der Waals surface area (Å²) >= 11 is 4.79. The number of halogens is 1. The number of hydrogen-bond acceptors (Lipinski definition) is 6. The highest BCUT2D eigenvalue weighted by Gasteiger charge is 2.16. The number of hydrogen-bond donors (Lipinski definition) is 0. The van der Waals surface area contributed by atoms with E-state index in [0.29, 0.717) is 11.7 Å². The lowest BCUT2D eigenvalue weighted by atomic mass is 10.2. The summed E-state index contributed by atoms with van der Waals surface area (Å²) in [7, 11) is 3.66. The summed E-state index contributed by atoms with van der Waals surface area (Å²) in [6.07, 6.45) is 3.43. The summed E-state index contributed by atoms with van der Waals surface area (Å²) in [5.74, 6) is 2.50. The van der Waals surface area contributed by atoms with Gasteiger partial charge in [0.25, 0.3) is 0 Å². The third-order valence-corrected chi connectivity index (χ3v) is 6.24. The predicted octanol–water partition coefficient (Wildman–Crippen LogP) is 4.65. The quantitative estimate of drug-likeness (QED) is 0.346. The molecule has 0 saturated carbocycles. The largest absolute Gasteiger partial charge is 0.459 e. The van der Waals surface area contributed by atoms with Crippen molar-refractivity contribution in [3.05, 3.63) is 71.2 Å². The number of carbonyl (C=O) groups is 1. The zero-order valence-corrected chi connectivity index (χ0v) is 19.4. The number of carbonyl (C=O) groups excluding carboxylic acids is 1. The number of pyridine rings is 1. The molecule has 0 saturated heterocycles. The van der Waals surface area contributed by atoms with Gasteiger partial charge in [-0.05, 0) is 36.4 Å². The average molecular weight is 498 g/mol. The fourth-order valence-electron chi connectivity index (χ4n) is 2.98. The molecule has 1 aromatic carbocycles. The highest BCUT2D eigenvalue weighted by Crippen LogP contribution is 2.25. The molecule has 0 unspecified atom stereocenters. The van der Waals surface area contributed by atoms with Crippen LogP contribution in [0.3, 0.4) is 0 Å². The minimum atomic E-state index is -0.0138. The van der Waals surface area contributed by atoms with Crippen LogP contribution in [0.1, 0.15) is 5.76 Å². The molecule has 0 aliphatic heterocycles. The van der Waals surface area contributed by atoms with E-state index in [4.69, 9.17) is 4.42 Å². The summed E-state index contributed by atoms with van der Waals surface area (Å²) in [4.78, 5) is 18.3. The molecule has 7 nitrogen and oxygen atoms in total. The summed E-state index contributed by atoms with van der Waals surface area (Å²) in [5.41, 5.74) is 1.92. The summed E-state index contributed by atoms with van der Waals surface area (Å²) < 4.78 is 8.81. The number of rotatable bonds is 7. The third kappa shape index (κ3) is 5.05. The van der Waals surface area contributed by atoms with Gasteiger partial charge in [0.2, 0.25) is 5.91 Å². The van der Waals surface area contributed by atoms with Crippen molar-refractivity contribution >= 4 is 33.6 Å². The molecule has 0 atom stereocenters. The molecule has 3 heterocycles. The smallest absolute Gasteiger partial charge is 0.233 e. The Labute approximate surface area is 192 Å². The van der Waals surface area contributed by atoms with E-state index in [1.807, 2.05) is 60.1 Å². The van der Waals surface area contributed by atoms with Gasteiger partial charge in [0, 0.05) is 42.1 Å². The highest BCUT2D eigenvalue weighted by atomic mass is 79.9. The lowest BCUT2D eigenvalue weighted by molar-refractivity contribution is -0.127. The Morgan fingerprint density at radius 1 is 1.06 bits per heavy atom. The van der Waals surface area contributed by atoms with Crippen LogP contribution in [0.2, 0.25) is 0 Å². The fourth-order valence-corrected chi connectivity index (χ4v) is 4.10. The lowest BCUT2D eigenvalue weighted by Crippen LogP contribution is -2.27. The van der Waals surface area contributed by atoms with Gasteiger partial charge in [0.05, 0.1) is 12.3 Å². The van der Waals surface area contributed by atoms with Gasteiger partial charge in [0.1, 0.15) is 11.5 Å². The van der Waals surface area contributed by atoms with Crippen LogP contribution >= 0.6 is 27.7 Å². The summed E-state index contributed by atoms with van der Waals surface area (Å²) in [6, 6.07) is 15.5. The number of nitrogens with zero attached hydrogens (tertiary/aromatic N) is 5. The first-order valence-corrected chi connectivity index (χ1v) is 11.3. The molecule has 4 aromatic rings. The Balaban J connectivity index is 1.34. The fraction of sp³-hybridized carbons (Fsp3) is 0.182. The van der Waals surface area contributed by atoms with E-state index in [1.165, 1.54) is 11.8 Å². The van der Waals surface area contributed by atoms with E-state index >= 15 is 0 Å². The lowest BCUT2D eigenvalue weighted by Gasteiger charge is -2.15. The zero-order chi connectivity index (χ0) is 21.8. The minimum absolute atomic E-state index is 0.0138. The summed E-state index contributed by atoms with van der Waals surface area (Å²) in [5, 5.41) is 9.13. The Bertz CT molecular complexity index is 1170. The molecular weight excluding hydrogens is 478 g/mol. The molecule has 158 valence electrons. The van der Waals surface area contributed by atoms with Gasteiger partial charge < -0.3 is 13.9 Å². The molecule has 9 heteroatoms. The van der Waals surface area contributed by atoms with Crippen LogP contribution < -0.4 is 0 Å². The zero-order valence-electron chi connectivity index (χ0n) is 17.0. The molecule has 0 spiro atoms. The molecule has 1 amide bonds. The van der Waals surface area contributed by atoms with Crippen molar-refractivity contribution in [3.8, 4) is 22.7 Å². The molecule has 0 fully saturated rings. The van der Waals surface area contributed by atoms with Crippen LogP contribution in [-0.4, -0.2) is 43.4 Å². The Kier molecular flexibility index (Phi) is 6.53. The monoisotopic (exact) mass is 497 g/mol. The molecule has 4 rings (SSSR count). The van der Waals surface area contributed by atoms with Crippen molar-refractivity contribution in [1.82, 2.24) is 24.6 Å². The van der Waals surface area contributed by atoms with Gasteiger partial charge in [-0.2, -0.15) is 0 Å². The van der Waals surface area contributed by atoms with Crippen LogP contribution in [0.4, 0.5) is 0 Å². The molecule has 3 aromatic heterocycles. The second kappa shape index (κ2) is 9.49. The maximum Gasteiger partial charge on any atom is 0.233 e. The van der Waals surface area contributed by atoms with E-state index < -0.39 is 0 Å². The van der Waals surface area contributed by atoms with Crippen LogP contribution in [-0.2, 0) is 18.4 Å². The SMILES string of the molecule is CN(Cc1ccc(-c2ccc(Br)cc2)o1)C(=O)CSc1nnc(-c2ccncc2)n1C. The van der Waals surface area contributed by atoms with Crippen LogP contribution in [0.25, 0.3) is 22.7 Å². The van der Waals surface area contributed by atoms with Crippen molar-refractivity contribution in [2.45, 2.75) is 11.7 Å². The first-order valence-electron chi connectivity index (χ1n) is 9.52. The Hall–Kier alpha value is -2.91. The molecule has 31 heavy (non-hydrogen) atoms. The number of aromatic nitrogens is 4. The Morgan fingerprint density at radius 3 is 2.55 bits per heavy atom. The molecular formula is C22H20BrN5O2S. The van der Waals surface area contributed by atoms with Crippen molar-refractivity contribution in [1.29, 1.82) is 0 Å². The number of thioether (sulfide) groups is 1. The van der Waals surface area contributed by atoms with Gasteiger partial charge in [-0.3, -0.25) is 9.78 Å². The number of amides is 1. The maximum absolute atomic E-state index is 12.6. The predicted molar refractivity (Wildman–Crippen MR) is 123 cm³/mol. The molecule has 0 radical (unpaired) electrons. The number of benzene rings is 1. The van der Waals surface area contributed by atoms with Gasteiger partial charge in [-0.25, -0.2) is 0 Å². The van der Waals surface area contributed by atoms with Gasteiger partial charge >= 0.3 is 0 Å². The van der Waals surface area contributed by atoms with Crippen LogP contribution in [0, 0.1) is 0 Å². The topological polar surface area (TPSA) is 77.1 Å². The first-order chi connectivity index (χ1) is 15.0. The molecule has 0 aliphatic carbocycles. The van der Waals surface area contributed by atoms with E-state index in [0.717, 1.165) is 32.9 Å². The van der Waals surface area contributed by atoms with Crippen molar-refractivity contribution in [2.24, 2.45) is 7.05 Å². The van der Waals surface area contributed by atoms with Gasteiger partial charge in [-0.15, -0.1) is 10.2 Å². The van der Waals surface area contributed by atoms with Crippen LogP contribution in [0.15, 0.2) is 75.0 Å². The van der Waals surface area contributed by atoms with E-state index in [2.05, 4.69) is 31.1 Å². The first kappa shape index (κ1) is 21.3. The second-order valence-corrected chi connectivity index (χ2v) is 8.77. The van der Waals surface area contributed by atoms with E-state index in [-0.39, 0.29) is 11.7 Å². The van der Waals surface area contributed by atoms with Gasteiger partial charge in [-0.1, -0.05) is 39.8 Å². The maximum atomic E-state index is 12.6. The molecule has 0 N–H and O–H groups in total. The van der Waals surface area contributed by atoms with Crippen molar-refractivity contribution in [2.75, 3.05) is 12.8 Å². The van der Waals surface area contributed by atoms with Crippen molar-refractivity contribution < 1.29 is 9.21 Å². The van der Waals surface area contributed by atoms with E-state index in [1.54, 1.807) is 24.3 Å². The van der Waals surface area contributed by atoms with E-state index in [9.17, 15) is 4.79 Å². The Morgan fingerprint density at radius 2 is 1.81 bits per heavy atom. The minimum Gasteiger partial charge on any atom is -0.459 e. The number of furan rings is 1. The normalized spacial score (nSPS) is 10.9. The van der Waals surface area contributed by atoms with Crippen molar-refractivity contribution in [3.63, 3.8) is 0 Å². The second-order valence-electron chi connectivity index (χ2n) is 6.91. The molecule has 0 aliphatic rings. The summed E-state index contributed by atoms with van der Waals surface area (Å²) in [6.45, 7) is 0.400. The standard InChI is InChI=1S/C22H20BrN5O2S/c1-27(13-18-7-8-19(30-18)15-3-5-17(23)6-4-15)20(29)14-31-22-26-25-21(28(22)2)16-9-11-24-12-10-16/h3-12H,13-14H2,1-2H3. The highest BCUT2D eigenvalue weighted by molar-refractivity contribution is 9.10. The third-order valence-electron chi connectivity index (χ3n) is 4.71. The molecule has 0 bridgehead atoms. The van der Waals surface area contributed by atoms with Gasteiger partial charge in [0.15, 0.2) is 11.0 Å². The van der Waals surface area contributed by atoms with Crippen LogP contribution in [0.5, 0.6) is 0 Å².